The van der Waals surface area contributed by atoms with Gasteiger partial charge in [-0.2, -0.15) is 23.8 Å². The predicted octanol–water partition coefficient (Wildman–Crippen LogP) is 2.57. The summed E-state index contributed by atoms with van der Waals surface area (Å²) in [6.45, 7) is 2.84. The van der Waals surface area contributed by atoms with Gasteiger partial charge in [0.25, 0.3) is 21.5 Å². The standard InChI is InChI=1S/C16H12N4O7S.C16H11N3O4.2C4H11NO2.Cr/c17-9-1-3-11-8(5-9)6-14(28(25,26)27)15(16(11)22)19-18-12-4-2-10(20(23)24)7-13(12)21;20-14-8-6-11(19(22)23)9-13(14)17-18-16-12-4-2-1-3-10(12)5-7-15(16)21;2*6-3-1-5-2-4-7;/h1-7,21-22H,17H2,(H,25,26,27);1-9,20-21H;2*5-7H,1-4H2;/q;;;;+3/p-4. The van der Waals surface area contributed by atoms with Gasteiger partial charge in [0.15, 0.2) is 0 Å². The molecule has 66 heavy (non-hydrogen) atoms. The number of hydrogen-bond acceptors (Lipinski definition) is 21. The summed E-state index contributed by atoms with van der Waals surface area (Å²) in [5.74, 6) is -2.56. The first-order chi connectivity index (χ1) is 31.0. The maximum atomic E-state index is 12.6. The van der Waals surface area contributed by atoms with Crippen molar-refractivity contribution in [3.8, 4) is 23.0 Å². The summed E-state index contributed by atoms with van der Waals surface area (Å²) >= 11 is 0. The van der Waals surface area contributed by atoms with Crippen LogP contribution in [-0.4, -0.2) is 95.8 Å². The van der Waals surface area contributed by atoms with E-state index in [1.165, 1.54) is 24.3 Å². The molecule has 1 radical (unpaired) electrons. The molecule has 9 N–H and O–H groups in total. The number of non-ortho nitro benzene ring substituents is 2. The van der Waals surface area contributed by atoms with Crippen molar-refractivity contribution in [1.29, 1.82) is 0 Å². The minimum absolute atomic E-state index is 0. The second-order valence-electron chi connectivity index (χ2n) is 12.8. The summed E-state index contributed by atoms with van der Waals surface area (Å²) in [5, 5.41) is 124. The number of rotatable bonds is 15. The third-order valence-corrected chi connectivity index (χ3v) is 9.04. The normalized spacial score (nSPS) is 10.9. The first-order valence-corrected chi connectivity index (χ1v) is 20.2. The number of nitrogen functional groups attached to an aromatic ring is 1. The molecule has 0 aliphatic heterocycles. The number of nitrogens with one attached hydrogen (secondary N) is 2. The monoisotopic (exact) mass is 971 g/mol. The smallest absolute Gasteiger partial charge is 0.871 e. The Morgan fingerprint density at radius 1 is 0.561 bits per heavy atom. The Bertz CT molecular complexity index is 2730. The summed E-state index contributed by atoms with van der Waals surface area (Å²) in [6, 6.07) is 21.2. The molecule has 0 fully saturated rings. The molecule has 24 nitrogen and oxygen atoms in total. The third kappa shape index (κ3) is 16.6. The fourth-order valence-electron chi connectivity index (χ4n) is 5.16. The molecule has 0 heterocycles. The summed E-state index contributed by atoms with van der Waals surface area (Å²) in [4.78, 5) is 19.2. The predicted molar refractivity (Wildman–Crippen MR) is 229 cm³/mol. The molecule has 0 atom stereocenters. The third-order valence-electron chi connectivity index (χ3n) is 8.17. The van der Waals surface area contributed by atoms with Gasteiger partial charge < -0.3 is 57.2 Å². The molecule has 0 amide bonds. The van der Waals surface area contributed by atoms with Crippen LogP contribution in [0.1, 0.15) is 0 Å². The first-order valence-electron chi connectivity index (χ1n) is 18.8. The Labute approximate surface area is 385 Å². The van der Waals surface area contributed by atoms with E-state index in [-0.39, 0.29) is 88.7 Å². The molecule has 0 spiro atoms. The summed E-state index contributed by atoms with van der Waals surface area (Å²) < 4.78 is 32.8. The molecule has 6 aromatic carbocycles. The maximum Gasteiger partial charge on any atom is 3.00 e. The van der Waals surface area contributed by atoms with Gasteiger partial charge in [0.05, 0.1) is 59.0 Å². The van der Waals surface area contributed by atoms with E-state index in [2.05, 4.69) is 31.1 Å². The molecule has 0 bridgehead atoms. The zero-order chi connectivity index (χ0) is 48.1. The number of nitro groups is 2. The van der Waals surface area contributed by atoms with Crippen molar-refractivity contribution in [2.45, 2.75) is 4.90 Å². The Hall–Kier alpha value is -6.96. The van der Waals surface area contributed by atoms with Gasteiger partial charge in [0, 0.05) is 61.5 Å². The topological polar surface area (TPSA) is 413 Å². The number of aliphatic hydroxyl groups is 4. The zero-order valence-electron chi connectivity index (χ0n) is 34.3. The van der Waals surface area contributed by atoms with E-state index in [9.17, 15) is 53.6 Å². The minimum atomic E-state index is -4.85. The van der Waals surface area contributed by atoms with E-state index in [0.29, 0.717) is 37.6 Å². The van der Waals surface area contributed by atoms with Crippen LogP contribution in [0.2, 0.25) is 0 Å². The van der Waals surface area contributed by atoms with E-state index in [4.69, 9.17) is 26.2 Å². The van der Waals surface area contributed by atoms with Crippen LogP contribution in [0.3, 0.4) is 0 Å². The Morgan fingerprint density at radius 3 is 1.65 bits per heavy atom. The van der Waals surface area contributed by atoms with E-state index < -0.39 is 53.5 Å². The second-order valence-corrected chi connectivity index (χ2v) is 14.1. The van der Waals surface area contributed by atoms with Crippen LogP contribution in [-0.2, 0) is 27.5 Å². The van der Waals surface area contributed by atoms with Gasteiger partial charge in [0.2, 0.25) is 0 Å². The molecular weight excluding hydrogens is 931 g/mol. The van der Waals surface area contributed by atoms with Crippen LogP contribution >= 0.6 is 0 Å². The van der Waals surface area contributed by atoms with Crippen LogP contribution in [0.25, 0.3) is 21.5 Å². The number of aliphatic hydroxyl groups excluding tert-OH is 4. The quantitative estimate of drug-likeness (QED) is 0.0183. The summed E-state index contributed by atoms with van der Waals surface area (Å²) in [5.41, 5.74) is 3.99. The van der Waals surface area contributed by atoms with Gasteiger partial charge >= 0.3 is 17.4 Å². The van der Waals surface area contributed by atoms with Crippen molar-refractivity contribution in [2.24, 2.45) is 20.5 Å². The molecule has 26 heteroatoms. The fraction of sp³-hybridized carbons (Fsp3) is 0.200. The fourth-order valence-corrected chi connectivity index (χ4v) is 5.81. The van der Waals surface area contributed by atoms with Crippen molar-refractivity contribution in [3.63, 3.8) is 0 Å². The number of hydrogen-bond donors (Lipinski definition) is 8. The Morgan fingerprint density at radius 2 is 1.09 bits per heavy atom. The average Bonchev–Trinajstić information content (AvgIpc) is 3.27. The molecular formula is C40H41CrN9O15S-. The number of nitrogens with two attached hydrogens (primary N) is 1. The van der Waals surface area contributed by atoms with Gasteiger partial charge in [-0.05, 0) is 40.4 Å². The molecule has 6 aromatic rings. The number of benzene rings is 6. The zero-order valence-corrected chi connectivity index (χ0v) is 36.4. The number of anilines is 1. The molecule has 0 saturated heterocycles. The molecule has 349 valence electrons. The Balaban J connectivity index is 0.000000352. The van der Waals surface area contributed by atoms with Gasteiger partial charge in [-0.25, -0.2) is 0 Å². The number of nitro benzene ring substituents is 2. The van der Waals surface area contributed by atoms with Gasteiger partial charge in [-0.3, -0.25) is 24.8 Å². The largest absolute Gasteiger partial charge is 3.00 e. The van der Waals surface area contributed by atoms with Crippen LogP contribution < -0.4 is 36.8 Å². The van der Waals surface area contributed by atoms with Crippen LogP contribution in [0, 0.1) is 20.2 Å². The van der Waals surface area contributed by atoms with Gasteiger partial charge in [-0.15, -0.1) is 5.11 Å². The minimum Gasteiger partial charge on any atom is -0.871 e. The molecule has 6 rings (SSSR count). The molecule has 0 aromatic heterocycles. The van der Waals surface area contributed by atoms with Crippen molar-refractivity contribution in [2.75, 3.05) is 58.3 Å². The average molecular weight is 972 g/mol. The molecule has 0 aliphatic rings. The number of nitrogens with zero attached hydrogens (tertiary/aromatic N) is 6. The van der Waals surface area contributed by atoms with Gasteiger partial charge in [0.1, 0.15) is 4.90 Å². The van der Waals surface area contributed by atoms with E-state index in [0.717, 1.165) is 41.8 Å². The van der Waals surface area contributed by atoms with E-state index >= 15 is 0 Å². The van der Waals surface area contributed by atoms with Crippen molar-refractivity contribution in [1.82, 2.24) is 10.6 Å². The molecule has 0 aliphatic carbocycles. The Kier molecular flexibility index (Phi) is 22.9. The first kappa shape index (κ1) is 55.2. The van der Waals surface area contributed by atoms with Crippen LogP contribution in [0.5, 0.6) is 23.0 Å². The number of azo groups is 2. The van der Waals surface area contributed by atoms with E-state index in [1.807, 2.05) is 12.1 Å². The maximum absolute atomic E-state index is 12.6. The molecule has 0 saturated carbocycles. The SMILES string of the molecule is Nc1ccc2c([O-])c(N=Nc3ccc([N+](=O)[O-])cc3[O-])c(S(=O)(=O)O)cc2c1.O=[N+]([O-])c1ccc([O-])c(N=Nc2c([O-])ccc3ccccc23)c1.OCCNCCO.OCCNCCO.[Cr+3]. The van der Waals surface area contributed by atoms with Crippen molar-refractivity contribution in [3.05, 3.63) is 117 Å². The summed E-state index contributed by atoms with van der Waals surface area (Å²) in [7, 11) is -4.85. The van der Waals surface area contributed by atoms with Crippen molar-refractivity contribution >= 4 is 71.5 Å². The summed E-state index contributed by atoms with van der Waals surface area (Å²) in [6.07, 6.45) is 0. The second kappa shape index (κ2) is 27.4. The van der Waals surface area contributed by atoms with E-state index in [1.54, 1.807) is 18.2 Å². The molecule has 0 unspecified atom stereocenters. The number of fused-ring (bicyclic) bond motifs is 2. The van der Waals surface area contributed by atoms with Crippen LogP contribution in [0.15, 0.2) is 122 Å². The van der Waals surface area contributed by atoms with Gasteiger partial charge in [-0.1, -0.05) is 71.5 Å². The van der Waals surface area contributed by atoms with Crippen LogP contribution in [0.4, 0.5) is 39.8 Å². The van der Waals surface area contributed by atoms with Crippen molar-refractivity contribution < 1.29 is 81.0 Å².